The zero-order valence-electron chi connectivity index (χ0n) is 13.0. The molecular formula is C15H17N3O6S. The summed E-state index contributed by atoms with van der Waals surface area (Å²) in [5.74, 6) is -0.0953. The number of carboxylic acids is 1. The van der Waals surface area contributed by atoms with E-state index in [0.29, 0.717) is 5.75 Å². The molecule has 1 saturated heterocycles. The van der Waals surface area contributed by atoms with Crippen LogP contribution >= 0.6 is 11.8 Å². The summed E-state index contributed by atoms with van der Waals surface area (Å²) in [6, 6.07) is 6.91. The maximum absolute atomic E-state index is 11.4. The van der Waals surface area contributed by atoms with Crippen LogP contribution in [-0.2, 0) is 4.74 Å². The van der Waals surface area contributed by atoms with Gasteiger partial charge in [-0.15, -0.1) is 11.8 Å². The van der Waals surface area contributed by atoms with Crippen molar-refractivity contribution >= 4 is 23.5 Å². The van der Waals surface area contributed by atoms with Crippen molar-refractivity contribution in [1.29, 1.82) is 0 Å². The quantitative estimate of drug-likeness (QED) is 0.608. The van der Waals surface area contributed by atoms with Crippen LogP contribution in [0.4, 0.5) is 5.82 Å². The third-order valence-electron chi connectivity index (χ3n) is 3.16. The average Bonchev–Trinajstić information content (AvgIpc) is 3.04. The fourth-order valence-corrected chi connectivity index (χ4v) is 2.86. The molecule has 0 saturated carbocycles. The molecule has 3 rings (SSSR count). The second kappa shape index (κ2) is 8.51. The van der Waals surface area contributed by atoms with Gasteiger partial charge in [-0.3, -0.25) is 4.57 Å². The lowest BCUT2D eigenvalue weighted by Gasteiger charge is -2.13. The smallest absolute Gasteiger partial charge is 0.351 e. The summed E-state index contributed by atoms with van der Waals surface area (Å²) >= 11 is 1.47. The minimum atomic E-state index is -0.986. The Morgan fingerprint density at radius 3 is 2.56 bits per heavy atom. The largest absolute Gasteiger partial charge is 0.508 e. The molecule has 1 aliphatic rings. The molecule has 10 heteroatoms. The van der Waals surface area contributed by atoms with Crippen molar-refractivity contribution in [3.8, 4) is 5.75 Å². The first-order valence-corrected chi connectivity index (χ1v) is 8.20. The van der Waals surface area contributed by atoms with Gasteiger partial charge in [-0.1, -0.05) is 0 Å². The van der Waals surface area contributed by atoms with E-state index >= 15 is 0 Å². The molecule has 1 aromatic heterocycles. The molecule has 1 aromatic carbocycles. The van der Waals surface area contributed by atoms with Crippen molar-refractivity contribution < 1.29 is 24.9 Å². The number of benzene rings is 1. The van der Waals surface area contributed by atoms with Crippen LogP contribution in [0.15, 0.2) is 41.3 Å². The molecule has 1 fully saturated rings. The van der Waals surface area contributed by atoms with Gasteiger partial charge in [0, 0.05) is 11.9 Å². The number of phenolic OH excluding ortho intramolecular Hbond substituents is 1. The molecular weight excluding hydrogens is 350 g/mol. The number of aliphatic hydroxyl groups is 1. The number of nitrogens with zero attached hydrogens (tertiary/aromatic N) is 2. The number of nitrogens with two attached hydrogens (primary N) is 1. The van der Waals surface area contributed by atoms with E-state index in [1.165, 1.54) is 40.6 Å². The van der Waals surface area contributed by atoms with Crippen molar-refractivity contribution in [2.45, 2.75) is 11.7 Å². The minimum Gasteiger partial charge on any atom is -0.508 e. The van der Waals surface area contributed by atoms with Crippen LogP contribution < -0.4 is 11.4 Å². The van der Waals surface area contributed by atoms with E-state index in [1.54, 1.807) is 12.3 Å². The molecule has 0 amide bonds. The van der Waals surface area contributed by atoms with E-state index in [9.17, 15) is 9.59 Å². The predicted octanol–water partition coefficient (Wildman–Crippen LogP) is 0.496. The van der Waals surface area contributed by atoms with Gasteiger partial charge < -0.3 is 25.8 Å². The summed E-state index contributed by atoms with van der Waals surface area (Å²) in [6.45, 7) is -0.0572. The van der Waals surface area contributed by atoms with E-state index in [2.05, 4.69) is 4.98 Å². The Kier molecular flexibility index (Phi) is 6.39. The van der Waals surface area contributed by atoms with Gasteiger partial charge in [-0.05, 0) is 30.3 Å². The zero-order chi connectivity index (χ0) is 18.4. The molecule has 5 N–H and O–H groups in total. The lowest BCUT2D eigenvalue weighted by atomic mass is 10.2. The third kappa shape index (κ3) is 5.21. The molecule has 25 heavy (non-hydrogen) atoms. The maximum atomic E-state index is 11.4. The number of aromatic hydroxyl groups is 1. The van der Waals surface area contributed by atoms with Gasteiger partial charge in [-0.25, -0.2) is 9.59 Å². The van der Waals surface area contributed by atoms with Crippen LogP contribution in [-0.4, -0.2) is 48.6 Å². The number of phenols is 1. The van der Waals surface area contributed by atoms with E-state index in [1.807, 2.05) is 0 Å². The number of aromatic carboxylic acids is 1. The van der Waals surface area contributed by atoms with Crippen molar-refractivity contribution in [2.24, 2.45) is 0 Å². The number of aromatic nitrogens is 2. The van der Waals surface area contributed by atoms with Crippen molar-refractivity contribution in [2.75, 3.05) is 18.1 Å². The fourth-order valence-electron chi connectivity index (χ4n) is 1.93. The maximum Gasteiger partial charge on any atom is 0.351 e. The lowest BCUT2D eigenvalue weighted by Crippen LogP contribution is -2.28. The topological polar surface area (TPSA) is 148 Å². The average molecular weight is 367 g/mol. The van der Waals surface area contributed by atoms with Crippen molar-refractivity contribution in [1.82, 2.24) is 9.55 Å². The van der Waals surface area contributed by atoms with Crippen LogP contribution in [0, 0.1) is 0 Å². The second-order valence-corrected chi connectivity index (χ2v) is 6.12. The number of nitrogen functional groups attached to an aromatic ring is 1. The number of thioether (sulfide) groups is 1. The first kappa shape index (κ1) is 18.8. The Bertz CT molecular complexity index is 780. The SMILES string of the molecule is Nc1ccn([C@@H]2CS[C@H](CO)O2)c(=O)n1.O=C(O)c1ccc(O)cc1. The molecule has 0 radical (unpaired) electrons. The van der Waals surface area contributed by atoms with Crippen LogP contribution in [0.25, 0.3) is 0 Å². The summed E-state index contributed by atoms with van der Waals surface area (Å²) in [5, 5.41) is 26.0. The third-order valence-corrected chi connectivity index (χ3v) is 4.27. The Morgan fingerprint density at radius 2 is 2.04 bits per heavy atom. The second-order valence-electron chi connectivity index (χ2n) is 4.93. The van der Waals surface area contributed by atoms with Crippen molar-refractivity contribution in [3.63, 3.8) is 0 Å². The number of hydrogen-bond acceptors (Lipinski definition) is 8. The highest BCUT2D eigenvalue weighted by molar-refractivity contribution is 8.00. The molecule has 0 aliphatic carbocycles. The summed E-state index contributed by atoms with van der Waals surface area (Å²) in [5.41, 5.74) is 4.85. The molecule has 2 atom stereocenters. The van der Waals surface area contributed by atoms with Crippen molar-refractivity contribution in [3.05, 3.63) is 52.6 Å². The van der Waals surface area contributed by atoms with E-state index in [0.717, 1.165) is 0 Å². The normalized spacial score (nSPS) is 19.1. The minimum absolute atomic E-state index is 0.0572. The number of aliphatic hydroxyl groups excluding tert-OH is 1. The van der Waals surface area contributed by atoms with Gasteiger partial charge in [0.2, 0.25) is 0 Å². The molecule has 0 spiro atoms. The Morgan fingerprint density at radius 1 is 1.36 bits per heavy atom. The molecule has 2 aromatic rings. The van der Waals surface area contributed by atoms with E-state index < -0.39 is 11.7 Å². The van der Waals surface area contributed by atoms with Crippen LogP contribution in [0.5, 0.6) is 5.75 Å². The number of rotatable bonds is 3. The van der Waals surface area contributed by atoms with Crippen LogP contribution in [0.3, 0.4) is 0 Å². The van der Waals surface area contributed by atoms with E-state index in [4.69, 9.17) is 25.8 Å². The van der Waals surface area contributed by atoms with Gasteiger partial charge in [0.05, 0.1) is 12.2 Å². The Labute approximate surface area is 146 Å². The summed E-state index contributed by atoms with van der Waals surface area (Å²) in [7, 11) is 0. The number of carbonyl (C=O) groups is 1. The molecule has 1 aliphatic heterocycles. The fraction of sp³-hybridized carbons (Fsp3) is 0.267. The molecule has 2 heterocycles. The van der Waals surface area contributed by atoms with Gasteiger partial charge in [0.1, 0.15) is 23.2 Å². The van der Waals surface area contributed by atoms with Gasteiger partial charge in [0.25, 0.3) is 0 Å². The highest BCUT2D eigenvalue weighted by atomic mass is 32.2. The Balaban J connectivity index is 0.000000196. The molecule has 9 nitrogen and oxygen atoms in total. The first-order valence-electron chi connectivity index (χ1n) is 7.15. The lowest BCUT2D eigenvalue weighted by molar-refractivity contribution is -0.00629. The molecule has 0 bridgehead atoms. The van der Waals surface area contributed by atoms with Crippen LogP contribution in [0.2, 0.25) is 0 Å². The van der Waals surface area contributed by atoms with Gasteiger partial charge in [-0.2, -0.15) is 4.98 Å². The number of carboxylic acid groups (broad SMARTS) is 1. The first-order chi connectivity index (χ1) is 11.9. The number of anilines is 1. The highest BCUT2D eigenvalue weighted by Crippen LogP contribution is 2.30. The Hall–Kier alpha value is -2.56. The van der Waals surface area contributed by atoms with Gasteiger partial charge in [0.15, 0.2) is 0 Å². The summed E-state index contributed by atoms with van der Waals surface area (Å²) in [6.07, 6.45) is 1.18. The monoisotopic (exact) mass is 367 g/mol. The number of ether oxygens (including phenoxy) is 1. The highest BCUT2D eigenvalue weighted by Gasteiger charge is 2.27. The molecule has 0 unspecified atom stereocenters. The van der Waals surface area contributed by atoms with Crippen LogP contribution in [0.1, 0.15) is 16.6 Å². The number of hydrogen-bond donors (Lipinski definition) is 4. The zero-order valence-corrected chi connectivity index (χ0v) is 13.8. The predicted molar refractivity (Wildman–Crippen MR) is 91.4 cm³/mol. The van der Waals surface area contributed by atoms with E-state index in [-0.39, 0.29) is 35.4 Å². The standard InChI is InChI=1S/C8H11N3O3S.C7H6O3/c9-5-1-2-11(8(13)10-5)6-4-15-7(3-12)14-6;8-6-3-1-5(2-4-6)7(9)10/h1-2,6-7,12H,3-4H2,(H2,9,10,13);1-4,8H,(H,9,10)/t6-,7+;/m0./s1. The van der Waals surface area contributed by atoms with Gasteiger partial charge >= 0.3 is 11.7 Å². The molecule has 134 valence electrons. The summed E-state index contributed by atoms with van der Waals surface area (Å²) < 4.78 is 6.79. The summed E-state index contributed by atoms with van der Waals surface area (Å²) in [4.78, 5) is 25.3.